The minimum atomic E-state index is -1.12. The number of phenols is 1. The molecule has 2 atom stereocenters. The van der Waals surface area contributed by atoms with E-state index in [0.717, 1.165) is 4.90 Å². The lowest BCUT2D eigenvalue weighted by atomic mass is 10.2. The van der Waals surface area contributed by atoms with Crippen LogP contribution in [0, 0.1) is 17.8 Å². The highest BCUT2D eigenvalue weighted by atomic mass is 16.4. The number of aliphatic carboxylic acids is 1. The molecule has 92 valence electrons. The minimum absolute atomic E-state index is 0.115. The van der Waals surface area contributed by atoms with Crippen molar-refractivity contribution >= 4 is 23.5 Å². The van der Waals surface area contributed by atoms with E-state index in [1.807, 2.05) is 0 Å². The number of phenolic OH excluding ortho intramolecular Hbond substituents is 1. The highest BCUT2D eigenvalue weighted by Gasteiger charge is 2.71. The van der Waals surface area contributed by atoms with Crippen molar-refractivity contribution in [2.24, 2.45) is 17.8 Å². The van der Waals surface area contributed by atoms with Crippen molar-refractivity contribution in [3.63, 3.8) is 0 Å². The number of amides is 2. The van der Waals surface area contributed by atoms with Gasteiger partial charge in [-0.2, -0.15) is 0 Å². The third-order valence-corrected chi connectivity index (χ3v) is 3.44. The Hall–Kier alpha value is -2.37. The lowest BCUT2D eigenvalue weighted by molar-refractivity contribution is -0.142. The van der Waals surface area contributed by atoms with Gasteiger partial charge in [-0.3, -0.25) is 14.4 Å². The molecule has 0 aromatic heterocycles. The molecule has 1 saturated carbocycles. The first-order chi connectivity index (χ1) is 8.54. The first-order valence-corrected chi connectivity index (χ1v) is 5.42. The molecule has 1 aromatic rings. The SMILES string of the molecule is O=C(O)C1C2C(=O)N(c3ccccc3O)C(=O)C12. The quantitative estimate of drug-likeness (QED) is 0.728. The molecule has 0 radical (unpaired) electrons. The minimum Gasteiger partial charge on any atom is -0.506 e. The summed E-state index contributed by atoms with van der Waals surface area (Å²) in [5.74, 6) is -4.81. The van der Waals surface area contributed by atoms with E-state index >= 15 is 0 Å². The number of rotatable bonds is 2. The van der Waals surface area contributed by atoms with E-state index in [2.05, 4.69) is 0 Å². The third kappa shape index (κ3) is 1.20. The van der Waals surface area contributed by atoms with E-state index in [-0.39, 0.29) is 11.4 Å². The number of nitrogens with zero attached hydrogens (tertiary/aromatic N) is 1. The van der Waals surface area contributed by atoms with E-state index in [9.17, 15) is 19.5 Å². The van der Waals surface area contributed by atoms with Crippen molar-refractivity contribution in [2.45, 2.75) is 0 Å². The summed E-state index contributed by atoms with van der Waals surface area (Å²) >= 11 is 0. The summed E-state index contributed by atoms with van der Waals surface area (Å²) in [6, 6.07) is 5.99. The first-order valence-electron chi connectivity index (χ1n) is 5.42. The van der Waals surface area contributed by atoms with Crippen molar-refractivity contribution in [1.82, 2.24) is 0 Å². The standard InChI is InChI=1S/C12H9NO5/c14-6-4-2-1-3-5(6)13-10(15)7-8(11(13)16)9(7)12(17)18/h1-4,7-9,14H,(H,17,18). The largest absolute Gasteiger partial charge is 0.506 e. The van der Waals surface area contributed by atoms with Gasteiger partial charge in [-0.05, 0) is 12.1 Å². The van der Waals surface area contributed by atoms with Crippen LogP contribution < -0.4 is 4.90 Å². The average molecular weight is 247 g/mol. The molecule has 2 fully saturated rings. The van der Waals surface area contributed by atoms with Crippen LogP contribution in [-0.4, -0.2) is 28.0 Å². The van der Waals surface area contributed by atoms with E-state index in [4.69, 9.17) is 5.11 Å². The molecule has 1 saturated heterocycles. The molecule has 1 heterocycles. The molecule has 1 aromatic carbocycles. The number of carbonyl (C=O) groups is 3. The zero-order valence-electron chi connectivity index (χ0n) is 9.11. The molecule has 2 aliphatic rings. The number of piperidine rings is 1. The van der Waals surface area contributed by atoms with Gasteiger partial charge in [0.15, 0.2) is 0 Å². The molecule has 18 heavy (non-hydrogen) atoms. The number of aromatic hydroxyl groups is 1. The fourth-order valence-corrected chi connectivity index (χ4v) is 2.53. The Labute approximate surface area is 101 Å². The number of imide groups is 1. The maximum Gasteiger partial charge on any atom is 0.308 e. The Balaban J connectivity index is 1.95. The van der Waals surface area contributed by atoms with Gasteiger partial charge < -0.3 is 10.2 Å². The lowest BCUT2D eigenvalue weighted by Crippen LogP contribution is -2.35. The second-order valence-corrected chi connectivity index (χ2v) is 4.42. The van der Waals surface area contributed by atoms with E-state index in [1.165, 1.54) is 12.1 Å². The molecule has 1 aliphatic heterocycles. The Morgan fingerprint density at radius 3 is 2.17 bits per heavy atom. The summed E-state index contributed by atoms with van der Waals surface area (Å²) in [5, 5.41) is 18.5. The number of hydrogen-bond donors (Lipinski definition) is 2. The Kier molecular flexibility index (Phi) is 1.98. The van der Waals surface area contributed by atoms with Crippen molar-refractivity contribution in [3.05, 3.63) is 24.3 Å². The van der Waals surface area contributed by atoms with Gasteiger partial charge in [0.25, 0.3) is 0 Å². The summed E-state index contributed by atoms with van der Waals surface area (Å²) in [7, 11) is 0. The highest BCUT2D eigenvalue weighted by Crippen LogP contribution is 2.55. The Morgan fingerprint density at radius 2 is 1.67 bits per heavy atom. The van der Waals surface area contributed by atoms with Crippen LogP contribution in [0.25, 0.3) is 0 Å². The number of carboxylic acids is 1. The summed E-state index contributed by atoms with van der Waals surface area (Å²) in [4.78, 5) is 35.6. The molecule has 6 heteroatoms. The maximum atomic E-state index is 12.0. The second-order valence-electron chi connectivity index (χ2n) is 4.42. The maximum absolute atomic E-state index is 12.0. The fourth-order valence-electron chi connectivity index (χ4n) is 2.53. The van der Waals surface area contributed by atoms with Gasteiger partial charge in [-0.25, -0.2) is 4.90 Å². The molecular weight excluding hydrogens is 238 g/mol. The summed E-state index contributed by atoms with van der Waals surface area (Å²) in [6.07, 6.45) is 0. The molecule has 2 amide bonds. The predicted octanol–water partition coefficient (Wildman–Crippen LogP) is 0.212. The fraction of sp³-hybridized carbons (Fsp3) is 0.250. The average Bonchev–Trinajstić information content (AvgIpc) is 3.01. The molecule has 1 aliphatic carbocycles. The number of fused-ring (bicyclic) bond motifs is 1. The van der Waals surface area contributed by atoms with Gasteiger partial charge in [0, 0.05) is 0 Å². The molecule has 0 spiro atoms. The zero-order valence-corrected chi connectivity index (χ0v) is 9.11. The van der Waals surface area contributed by atoms with Crippen molar-refractivity contribution in [2.75, 3.05) is 4.90 Å². The molecule has 6 nitrogen and oxygen atoms in total. The number of carbonyl (C=O) groups excluding carboxylic acids is 2. The van der Waals surface area contributed by atoms with E-state index in [1.54, 1.807) is 12.1 Å². The van der Waals surface area contributed by atoms with Crippen LogP contribution in [0.15, 0.2) is 24.3 Å². The van der Waals surface area contributed by atoms with Crippen molar-refractivity contribution in [3.8, 4) is 5.75 Å². The molecule has 3 rings (SSSR count). The molecule has 0 bridgehead atoms. The second kappa shape index (κ2) is 3.32. The number of benzene rings is 1. The normalized spacial score (nSPS) is 29.3. The van der Waals surface area contributed by atoms with Crippen LogP contribution in [-0.2, 0) is 14.4 Å². The number of anilines is 1. The van der Waals surface area contributed by atoms with Crippen LogP contribution in [0.4, 0.5) is 5.69 Å². The van der Waals surface area contributed by atoms with Gasteiger partial charge in [0.2, 0.25) is 11.8 Å². The topological polar surface area (TPSA) is 94.9 Å². The first kappa shape index (κ1) is 10.8. The van der Waals surface area contributed by atoms with Gasteiger partial charge in [-0.15, -0.1) is 0 Å². The predicted molar refractivity (Wildman–Crippen MR) is 58.7 cm³/mol. The number of para-hydroxylation sites is 2. The van der Waals surface area contributed by atoms with Crippen LogP contribution in [0.2, 0.25) is 0 Å². The van der Waals surface area contributed by atoms with Gasteiger partial charge in [0.1, 0.15) is 5.75 Å². The third-order valence-electron chi connectivity index (χ3n) is 3.44. The lowest BCUT2D eigenvalue weighted by Gasteiger charge is -2.18. The smallest absolute Gasteiger partial charge is 0.308 e. The van der Waals surface area contributed by atoms with Crippen molar-refractivity contribution < 1.29 is 24.6 Å². The van der Waals surface area contributed by atoms with Gasteiger partial charge >= 0.3 is 5.97 Å². The summed E-state index contributed by atoms with van der Waals surface area (Å²) in [5.41, 5.74) is 0.115. The Bertz CT molecular complexity index is 560. The number of hydrogen-bond acceptors (Lipinski definition) is 4. The van der Waals surface area contributed by atoms with Crippen LogP contribution in [0.3, 0.4) is 0 Å². The van der Waals surface area contributed by atoms with Gasteiger partial charge in [-0.1, -0.05) is 12.1 Å². The summed E-state index contributed by atoms with van der Waals surface area (Å²) < 4.78 is 0. The zero-order chi connectivity index (χ0) is 13.0. The Morgan fingerprint density at radius 1 is 1.11 bits per heavy atom. The molecule has 2 N–H and O–H groups in total. The van der Waals surface area contributed by atoms with E-state index < -0.39 is 35.5 Å². The van der Waals surface area contributed by atoms with E-state index in [0.29, 0.717) is 0 Å². The van der Waals surface area contributed by atoms with Crippen LogP contribution in [0.1, 0.15) is 0 Å². The van der Waals surface area contributed by atoms with Crippen molar-refractivity contribution in [1.29, 1.82) is 0 Å². The number of carboxylic acid groups (broad SMARTS) is 1. The monoisotopic (exact) mass is 247 g/mol. The molecule has 2 unspecified atom stereocenters. The highest BCUT2D eigenvalue weighted by molar-refractivity contribution is 6.27. The van der Waals surface area contributed by atoms with Crippen LogP contribution >= 0.6 is 0 Å². The summed E-state index contributed by atoms with van der Waals surface area (Å²) in [6.45, 7) is 0. The van der Waals surface area contributed by atoms with Crippen LogP contribution in [0.5, 0.6) is 5.75 Å². The molecular formula is C12H9NO5. The van der Waals surface area contributed by atoms with Gasteiger partial charge in [0.05, 0.1) is 23.4 Å².